The molecule has 3 rings (SSSR count). The van der Waals surface area contributed by atoms with E-state index in [1.807, 2.05) is 6.20 Å². The van der Waals surface area contributed by atoms with Crippen LogP contribution in [-0.4, -0.2) is 30.7 Å². The van der Waals surface area contributed by atoms with E-state index in [0.717, 1.165) is 25.5 Å². The summed E-state index contributed by atoms with van der Waals surface area (Å²) in [4.78, 5) is 6.98. The Balaban J connectivity index is 2.09. The Morgan fingerprint density at radius 3 is 3.29 bits per heavy atom. The molecule has 0 radical (unpaired) electrons. The van der Waals surface area contributed by atoms with Gasteiger partial charge in [0.2, 0.25) is 0 Å². The zero-order chi connectivity index (χ0) is 11.8. The molecule has 1 aliphatic rings. The van der Waals surface area contributed by atoms with Gasteiger partial charge in [-0.25, -0.2) is 4.98 Å². The molecule has 17 heavy (non-hydrogen) atoms. The summed E-state index contributed by atoms with van der Waals surface area (Å²) in [5.41, 5.74) is 0. The minimum absolute atomic E-state index is 0.500. The minimum Gasteiger partial charge on any atom is -0.351 e. The summed E-state index contributed by atoms with van der Waals surface area (Å²) in [6.07, 6.45) is 1.91. The van der Waals surface area contributed by atoms with Crippen LogP contribution < -0.4 is 10.2 Å². The number of pyridine rings is 1. The first kappa shape index (κ1) is 11.4. The molecule has 90 valence electrons. The van der Waals surface area contributed by atoms with Gasteiger partial charge in [-0.15, -0.1) is 11.3 Å². The van der Waals surface area contributed by atoms with E-state index in [4.69, 9.17) is 0 Å². The Labute approximate surface area is 113 Å². The number of piperazine rings is 1. The molecule has 0 bridgehead atoms. The van der Waals surface area contributed by atoms with Gasteiger partial charge in [-0.1, -0.05) is 0 Å². The summed E-state index contributed by atoms with van der Waals surface area (Å²) in [6.45, 7) is 5.34. The monoisotopic (exact) mass is 311 g/mol. The molecule has 0 aromatic carbocycles. The topological polar surface area (TPSA) is 28.2 Å². The van der Waals surface area contributed by atoms with E-state index in [0.29, 0.717) is 6.04 Å². The highest BCUT2D eigenvalue weighted by molar-refractivity contribution is 9.11. The molecule has 1 aliphatic heterocycles. The maximum atomic E-state index is 4.58. The third kappa shape index (κ3) is 2.07. The highest BCUT2D eigenvalue weighted by Crippen LogP contribution is 2.35. The van der Waals surface area contributed by atoms with E-state index in [1.54, 1.807) is 11.3 Å². The lowest BCUT2D eigenvalue weighted by atomic mass is 10.2. The van der Waals surface area contributed by atoms with Crippen LogP contribution in [0.5, 0.6) is 0 Å². The third-order valence-electron chi connectivity index (χ3n) is 3.17. The van der Waals surface area contributed by atoms with Crippen molar-refractivity contribution >= 4 is 43.2 Å². The molecule has 1 saturated heterocycles. The van der Waals surface area contributed by atoms with Crippen molar-refractivity contribution in [3.8, 4) is 0 Å². The maximum absolute atomic E-state index is 4.58. The predicted octanol–water partition coefficient (Wildman–Crippen LogP) is 2.86. The minimum atomic E-state index is 0.500. The molecule has 3 nitrogen and oxygen atoms in total. The normalized spacial score (nSPS) is 21.1. The van der Waals surface area contributed by atoms with Gasteiger partial charge in [0.1, 0.15) is 5.82 Å². The fourth-order valence-corrected chi connectivity index (χ4v) is 3.83. The van der Waals surface area contributed by atoms with Gasteiger partial charge in [-0.3, -0.25) is 0 Å². The first-order valence-corrected chi connectivity index (χ1v) is 7.38. The van der Waals surface area contributed by atoms with Crippen LogP contribution >= 0.6 is 27.3 Å². The van der Waals surface area contributed by atoms with Crippen LogP contribution in [0.2, 0.25) is 0 Å². The zero-order valence-electron chi connectivity index (χ0n) is 9.61. The molecule has 5 heteroatoms. The van der Waals surface area contributed by atoms with Crippen LogP contribution in [0, 0.1) is 0 Å². The van der Waals surface area contributed by atoms with Crippen molar-refractivity contribution in [2.45, 2.75) is 13.0 Å². The van der Waals surface area contributed by atoms with E-state index in [-0.39, 0.29) is 0 Å². The highest BCUT2D eigenvalue weighted by atomic mass is 79.9. The number of anilines is 1. The van der Waals surface area contributed by atoms with E-state index in [2.05, 4.69) is 50.2 Å². The summed E-state index contributed by atoms with van der Waals surface area (Å²) >= 11 is 5.32. The quantitative estimate of drug-likeness (QED) is 0.878. The van der Waals surface area contributed by atoms with Crippen LogP contribution in [0.1, 0.15) is 6.92 Å². The van der Waals surface area contributed by atoms with E-state index < -0.39 is 0 Å². The van der Waals surface area contributed by atoms with Crippen molar-refractivity contribution in [2.75, 3.05) is 24.5 Å². The Morgan fingerprint density at radius 1 is 1.59 bits per heavy atom. The van der Waals surface area contributed by atoms with Crippen molar-refractivity contribution in [3.05, 3.63) is 22.1 Å². The lowest BCUT2D eigenvalue weighted by molar-refractivity contribution is 0.498. The lowest BCUT2D eigenvalue weighted by Crippen LogP contribution is -2.50. The van der Waals surface area contributed by atoms with Crippen molar-refractivity contribution in [1.29, 1.82) is 0 Å². The third-order valence-corrected chi connectivity index (χ3v) is 4.77. The van der Waals surface area contributed by atoms with Crippen LogP contribution in [0.25, 0.3) is 10.1 Å². The fraction of sp³-hybridized carbons (Fsp3) is 0.417. The second-order valence-corrected chi connectivity index (χ2v) is 6.81. The van der Waals surface area contributed by atoms with Crippen molar-refractivity contribution in [1.82, 2.24) is 10.3 Å². The second-order valence-electron chi connectivity index (χ2n) is 4.34. The summed E-state index contributed by atoms with van der Waals surface area (Å²) in [6, 6.07) is 4.76. The summed E-state index contributed by atoms with van der Waals surface area (Å²) < 4.78 is 2.47. The van der Waals surface area contributed by atoms with Crippen molar-refractivity contribution in [2.24, 2.45) is 0 Å². The van der Waals surface area contributed by atoms with Gasteiger partial charge in [-0.2, -0.15) is 0 Å². The number of thiophene rings is 1. The van der Waals surface area contributed by atoms with Gasteiger partial charge in [0.15, 0.2) is 0 Å². The standard InChI is InChI=1S/C12H14BrN3S/c1-8-7-14-4-5-16(8)12-9-6-11(13)17-10(9)2-3-15-12/h2-3,6,8,14H,4-5,7H2,1H3. The number of halogens is 1. The molecule has 2 aromatic heterocycles. The van der Waals surface area contributed by atoms with Gasteiger partial charge in [0.25, 0.3) is 0 Å². The molecular weight excluding hydrogens is 298 g/mol. The van der Waals surface area contributed by atoms with E-state index in [1.165, 1.54) is 13.9 Å². The predicted molar refractivity (Wildman–Crippen MR) is 77.0 cm³/mol. The smallest absolute Gasteiger partial charge is 0.137 e. The fourth-order valence-electron chi connectivity index (χ4n) is 2.30. The Bertz CT molecular complexity index is 540. The number of hydrogen-bond donors (Lipinski definition) is 1. The molecule has 1 unspecified atom stereocenters. The number of rotatable bonds is 1. The van der Waals surface area contributed by atoms with E-state index >= 15 is 0 Å². The number of nitrogens with zero attached hydrogens (tertiary/aromatic N) is 2. The Morgan fingerprint density at radius 2 is 2.47 bits per heavy atom. The molecular formula is C12H14BrN3S. The van der Waals surface area contributed by atoms with Crippen LogP contribution in [0.4, 0.5) is 5.82 Å². The second kappa shape index (κ2) is 4.55. The van der Waals surface area contributed by atoms with Gasteiger partial charge in [-0.05, 0) is 35.0 Å². The molecule has 1 N–H and O–H groups in total. The van der Waals surface area contributed by atoms with Gasteiger partial charge >= 0.3 is 0 Å². The first-order chi connectivity index (χ1) is 8.25. The van der Waals surface area contributed by atoms with Crippen LogP contribution in [0.15, 0.2) is 22.1 Å². The highest BCUT2D eigenvalue weighted by Gasteiger charge is 2.21. The average Bonchev–Trinajstić information content (AvgIpc) is 2.70. The van der Waals surface area contributed by atoms with Gasteiger partial charge in [0.05, 0.1) is 3.79 Å². The molecule has 1 atom stereocenters. The molecule has 0 amide bonds. The number of nitrogens with one attached hydrogen (secondary N) is 1. The molecule has 0 aliphatic carbocycles. The molecule has 3 heterocycles. The maximum Gasteiger partial charge on any atom is 0.137 e. The Hall–Kier alpha value is -0.650. The average molecular weight is 312 g/mol. The largest absolute Gasteiger partial charge is 0.351 e. The molecule has 2 aromatic rings. The van der Waals surface area contributed by atoms with Crippen LogP contribution in [0.3, 0.4) is 0 Å². The summed E-state index contributed by atoms with van der Waals surface area (Å²) in [5, 5.41) is 4.67. The Kier molecular flexibility index (Phi) is 3.06. The summed E-state index contributed by atoms with van der Waals surface area (Å²) in [7, 11) is 0. The van der Waals surface area contributed by atoms with Crippen LogP contribution in [-0.2, 0) is 0 Å². The number of aromatic nitrogens is 1. The molecule has 0 saturated carbocycles. The van der Waals surface area contributed by atoms with E-state index in [9.17, 15) is 0 Å². The summed E-state index contributed by atoms with van der Waals surface area (Å²) in [5.74, 6) is 1.12. The molecule has 1 fully saturated rings. The zero-order valence-corrected chi connectivity index (χ0v) is 12.0. The number of hydrogen-bond acceptors (Lipinski definition) is 4. The number of fused-ring (bicyclic) bond motifs is 1. The molecule has 0 spiro atoms. The van der Waals surface area contributed by atoms with Gasteiger partial charge in [0, 0.05) is 42.0 Å². The van der Waals surface area contributed by atoms with Gasteiger partial charge < -0.3 is 10.2 Å². The van der Waals surface area contributed by atoms with Crippen molar-refractivity contribution < 1.29 is 0 Å². The SMILES string of the molecule is CC1CNCCN1c1nccc2sc(Br)cc12. The first-order valence-electron chi connectivity index (χ1n) is 5.77. The van der Waals surface area contributed by atoms with Crippen molar-refractivity contribution in [3.63, 3.8) is 0 Å². The lowest BCUT2D eigenvalue weighted by Gasteiger charge is -2.35.